The van der Waals surface area contributed by atoms with Crippen molar-refractivity contribution in [3.8, 4) is 5.75 Å². The Hall–Kier alpha value is -1.07. The van der Waals surface area contributed by atoms with Crippen LogP contribution in [0.4, 0.5) is 0 Å². The van der Waals surface area contributed by atoms with Gasteiger partial charge in [0, 0.05) is 0 Å². The molecule has 0 aliphatic carbocycles. The molecule has 5 heteroatoms. The lowest BCUT2D eigenvalue weighted by Gasteiger charge is -2.18. The summed E-state index contributed by atoms with van der Waals surface area (Å²) in [6.45, 7) is 3.95. The van der Waals surface area contributed by atoms with Crippen LogP contribution in [0.5, 0.6) is 5.75 Å². The van der Waals surface area contributed by atoms with Gasteiger partial charge in [0.2, 0.25) is 5.91 Å². The van der Waals surface area contributed by atoms with Crippen LogP contribution < -0.4 is 15.8 Å². The fourth-order valence-corrected chi connectivity index (χ4v) is 2.36. The van der Waals surface area contributed by atoms with E-state index in [2.05, 4.69) is 21.2 Å². The summed E-state index contributed by atoms with van der Waals surface area (Å²) in [5, 5.41) is 2.92. The number of rotatable bonds is 6. The summed E-state index contributed by atoms with van der Waals surface area (Å²) in [7, 11) is 1.62. The number of hydrogen-bond acceptors (Lipinski definition) is 3. The van der Waals surface area contributed by atoms with Crippen LogP contribution in [0.1, 0.15) is 38.3 Å². The molecule has 0 fully saturated rings. The van der Waals surface area contributed by atoms with Gasteiger partial charge in [0.25, 0.3) is 0 Å². The summed E-state index contributed by atoms with van der Waals surface area (Å²) in [5.41, 5.74) is 6.79. The van der Waals surface area contributed by atoms with Crippen LogP contribution >= 0.6 is 15.9 Å². The summed E-state index contributed by atoms with van der Waals surface area (Å²) < 4.78 is 6.04. The lowest BCUT2D eigenvalue weighted by molar-refractivity contribution is -0.123. The van der Waals surface area contributed by atoms with Gasteiger partial charge < -0.3 is 15.8 Å². The third-order valence-corrected chi connectivity index (χ3v) is 3.59. The van der Waals surface area contributed by atoms with Gasteiger partial charge in [-0.05, 0) is 47.0 Å². The largest absolute Gasteiger partial charge is 0.496 e. The van der Waals surface area contributed by atoms with Gasteiger partial charge in [-0.25, -0.2) is 0 Å². The van der Waals surface area contributed by atoms with E-state index in [1.54, 1.807) is 7.11 Å². The second-order valence-electron chi connectivity index (χ2n) is 4.52. The molecule has 1 aromatic carbocycles. The quantitative estimate of drug-likeness (QED) is 0.843. The average Bonchev–Trinajstić information content (AvgIpc) is 2.38. The minimum Gasteiger partial charge on any atom is -0.496 e. The van der Waals surface area contributed by atoms with Crippen molar-refractivity contribution < 1.29 is 9.53 Å². The number of carbonyl (C=O) groups is 1. The lowest BCUT2D eigenvalue weighted by Crippen LogP contribution is -2.41. The molecule has 3 N–H and O–H groups in total. The highest BCUT2D eigenvalue weighted by Gasteiger charge is 2.16. The molecule has 0 heterocycles. The van der Waals surface area contributed by atoms with Gasteiger partial charge in [-0.3, -0.25) is 4.79 Å². The minimum atomic E-state index is -0.436. The zero-order valence-corrected chi connectivity index (χ0v) is 13.2. The second-order valence-corrected chi connectivity index (χ2v) is 5.37. The molecule has 0 aliphatic rings. The molecule has 1 aromatic rings. The van der Waals surface area contributed by atoms with Gasteiger partial charge in [0.05, 0.1) is 23.7 Å². The normalized spacial score (nSPS) is 13.7. The van der Waals surface area contributed by atoms with Gasteiger partial charge in [0.1, 0.15) is 5.75 Å². The first-order valence-electron chi connectivity index (χ1n) is 6.39. The van der Waals surface area contributed by atoms with Crippen molar-refractivity contribution in [2.24, 2.45) is 5.73 Å². The number of halogens is 1. The number of carbonyl (C=O) groups excluding carboxylic acids is 1. The SMILES string of the molecule is CCCC(N)C(=O)NC(C)c1ccc(OC)c(Br)c1. The van der Waals surface area contributed by atoms with Gasteiger partial charge in [-0.1, -0.05) is 19.4 Å². The highest BCUT2D eigenvalue weighted by atomic mass is 79.9. The summed E-state index contributed by atoms with van der Waals surface area (Å²) in [4.78, 5) is 11.9. The maximum Gasteiger partial charge on any atom is 0.237 e. The Kier molecular flexibility index (Phi) is 6.31. The Morgan fingerprint density at radius 3 is 2.74 bits per heavy atom. The van der Waals surface area contributed by atoms with E-state index in [9.17, 15) is 4.79 Å². The molecule has 4 nitrogen and oxygen atoms in total. The standard InChI is InChI=1S/C14H21BrN2O2/c1-4-5-12(16)14(18)17-9(2)10-6-7-13(19-3)11(15)8-10/h6-9,12H,4-5,16H2,1-3H3,(H,17,18). The van der Waals surface area contributed by atoms with Crippen LogP contribution in [0.3, 0.4) is 0 Å². The smallest absolute Gasteiger partial charge is 0.237 e. The Balaban J connectivity index is 2.70. The summed E-state index contributed by atoms with van der Waals surface area (Å²) in [6, 6.07) is 5.22. The van der Waals surface area contributed by atoms with Gasteiger partial charge in [-0.15, -0.1) is 0 Å². The summed E-state index contributed by atoms with van der Waals surface area (Å²) >= 11 is 3.43. The molecule has 0 saturated heterocycles. The van der Waals surface area contributed by atoms with Crippen LogP contribution in [-0.4, -0.2) is 19.1 Å². The van der Waals surface area contributed by atoms with E-state index in [0.717, 1.165) is 22.2 Å². The zero-order valence-electron chi connectivity index (χ0n) is 11.6. The predicted octanol–water partition coefficient (Wildman–Crippen LogP) is 2.76. The third kappa shape index (κ3) is 4.51. The van der Waals surface area contributed by atoms with E-state index >= 15 is 0 Å². The van der Waals surface area contributed by atoms with E-state index in [4.69, 9.17) is 10.5 Å². The molecule has 0 aliphatic heterocycles. The minimum absolute atomic E-state index is 0.0855. The van der Waals surface area contributed by atoms with Crippen molar-refractivity contribution >= 4 is 21.8 Å². The number of benzene rings is 1. The molecule has 0 radical (unpaired) electrons. The highest BCUT2D eigenvalue weighted by Crippen LogP contribution is 2.27. The van der Waals surface area contributed by atoms with E-state index < -0.39 is 6.04 Å². The molecule has 2 unspecified atom stereocenters. The van der Waals surface area contributed by atoms with Crippen molar-refractivity contribution in [3.05, 3.63) is 28.2 Å². The van der Waals surface area contributed by atoms with Gasteiger partial charge in [-0.2, -0.15) is 0 Å². The number of nitrogens with one attached hydrogen (secondary N) is 1. The summed E-state index contributed by atoms with van der Waals surface area (Å²) in [6.07, 6.45) is 1.60. The monoisotopic (exact) mass is 328 g/mol. The van der Waals surface area contributed by atoms with Gasteiger partial charge in [0.15, 0.2) is 0 Å². The first-order chi connectivity index (χ1) is 8.99. The van der Waals surface area contributed by atoms with Crippen LogP contribution in [-0.2, 0) is 4.79 Å². The Morgan fingerprint density at radius 2 is 2.21 bits per heavy atom. The Morgan fingerprint density at radius 1 is 1.53 bits per heavy atom. The predicted molar refractivity (Wildman–Crippen MR) is 80.1 cm³/mol. The highest BCUT2D eigenvalue weighted by molar-refractivity contribution is 9.10. The molecule has 0 bridgehead atoms. The molecule has 1 rings (SSSR count). The fourth-order valence-electron chi connectivity index (χ4n) is 1.80. The van der Waals surface area contributed by atoms with E-state index in [0.29, 0.717) is 6.42 Å². The third-order valence-electron chi connectivity index (χ3n) is 2.97. The maximum absolute atomic E-state index is 11.9. The van der Waals surface area contributed by atoms with Crippen molar-refractivity contribution in [3.63, 3.8) is 0 Å². The Labute approximate surface area is 122 Å². The van der Waals surface area contributed by atoms with Crippen molar-refractivity contribution in [1.82, 2.24) is 5.32 Å². The average molecular weight is 329 g/mol. The first kappa shape index (κ1) is 16.0. The molecule has 0 saturated carbocycles. The molecule has 0 aromatic heterocycles. The van der Waals surface area contributed by atoms with Crippen molar-refractivity contribution in [2.45, 2.75) is 38.8 Å². The van der Waals surface area contributed by atoms with Crippen molar-refractivity contribution in [2.75, 3.05) is 7.11 Å². The number of hydrogen-bond donors (Lipinski definition) is 2. The van der Waals surface area contributed by atoms with Crippen LogP contribution in [0.2, 0.25) is 0 Å². The molecular weight excluding hydrogens is 308 g/mol. The molecule has 106 valence electrons. The Bertz CT molecular complexity index is 437. The molecule has 0 spiro atoms. The fraction of sp³-hybridized carbons (Fsp3) is 0.500. The lowest BCUT2D eigenvalue weighted by atomic mass is 10.1. The number of methoxy groups -OCH3 is 1. The van der Waals surface area contributed by atoms with E-state index in [1.807, 2.05) is 32.0 Å². The number of ether oxygens (including phenoxy) is 1. The van der Waals surface area contributed by atoms with E-state index in [1.165, 1.54) is 0 Å². The van der Waals surface area contributed by atoms with Crippen molar-refractivity contribution in [1.29, 1.82) is 0 Å². The van der Waals surface area contributed by atoms with Crippen LogP contribution in [0.25, 0.3) is 0 Å². The summed E-state index contributed by atoms with van der Waals surface area (Å²) in [5.74, 6) is 0.659. The maximum atomic E-state index is 11.9. The number of amides is 1. The second kappa shape index (κ2) is 7.50. The zero-order chi connectivity index (χ0) is 14.4. The number of nitrogens with two attached hydrogens (primary N) is 1. The van der Waals surface area contributed by atoms with Crippen LogP contribution in [0, 0.1) is 0 Å². The van der Waals surface area contributed by atoms with E-state index in [-0.39, 0.29) is 11.9 Å². The topological polar surface area (TPSA) is 64.4 Å². The molecule has 1 amide bonds. The van der Waals surface area contributed by atoms with Gasteiger partial charge >= 0.3 is 0 Å². The molecule has 2 atom stereocenters. The van der Waals surface area contributed by atoms with Crippen LogP contribution in [0.15, 0.2) is 22.7 Å². The molecule has 19 heavy (non-hydrogen) atoms. The molecular formula is C14H21BrN2O2. The first-order valence-corrected chi connectivity index (χ1v) is 7.18.